The Labute approximate surface area is 165 Å². The van der Waals surface area contributed by atoms with E-state index in [1.807, 2.05) is 18.2 Å². The molecule has 2 amide bonds. The van der Waals surface area contributed by atoms with E-state index in [1.165, 1.54) is 29.8 Å². The maximum Gasteiger partial charge on any atom is 0.321 e. The van der Waals surface area contributed by atoms with Crippen molar-refractivity contribution >= 4 is 27.8 Å². The van der Waals surface area contributed by atoms with Crippen LogP contribution in [0.5, 0.6) is 0 Å². The Morgan fingerprint density at radius 1 is 1.00 bits per heavy atom. The fraction of sp³-hybridized carbons (Fsp3) is 0.250. The van der Waals surface area contributed by atoms with E-state index >= 15 is 0 Å². The van der Waals surface area contributed by atoms with Crippen LogP contribution in [0.3, 0.4) is 0 Å². The van der Waals surface area contributed by atoms with Gasteiger partial charge < -0.3 is 10.2 Å². The van der Waals surface area contributed by atoms with Gasteiger partial charge >= 0.3 is 6.03 Å². The number of carbonyl (C=O) groups excluding carboxylic acids is 1. The van der Waals surface area contributed by atoms with Crippen LogP contribution in [0.25, 0.3) is 6.08 Å². The van der Waals surface area contributed by atoms with Gasteiger partial charge in [0.05, 0.1) is 4.90 Å². The van der Waals surface area contributed by atoms with Gasteiger partial charge in [0.2, 0.25) is 10.0 Å². The van der Waals surface area contributed by atoms with Crippen molar-refractivity contribution < 1.29 is 13.2 Å². The summed E-state index contributed by atoms with van der Waals surface area (Å²) in [4.78, 5) is 16.5. The van der Waals surface area contributed by atoms with Gasteiger partial charge in [0.25, 0.3) is 0 Å². The molecule has 3 N–H and O–H groups in total. The summed E-state index contributed by atoms with van der Waals surface area (Å²) in [7, 11) is -3.73. The molecule has 2 aromatic carbocycles. The summed E-state index contributed by atoms with van der Waals surface area (Å²) in [6, 6.07) is 15.8. The molecule has 148 valence electrons. The number of sulfonamides is 1. The molecule has 3 rings (SSSR count). The molecule has 0 unspecified atom stereocenters. The highest BCUT2D eigenvalue weighted by Crippen LogP contribution is 2.14. The Kier molecular flexibility index (Phi) is 6.45. The predicted octanol–water partition coefficient (Wildman–Crippen LogP) is 2.20. The van der Waals surface area contributed by atoms with Gasteiger partial charge in [-0.3, -0.25) is 4.90 Å². The van der Waals surface area contributed by atoms with Gasteiger partial charge in [0.1, 0.15) is 0 Å². The Balaban J connectivity index is 1.45. The molecule has 2 aromatic rings. The summed E-state index contributed by atoms with van der Waals surface area (Å²) in [5.74, 6) is 0. The number of anilines is 1. The van der Waals surface area contributed by atoms with Crippen molar-refractivity contribution in [2.45, 2.75) is 4.90 Å². The zero-order chi connectivity index (χ0) is 20.0. The summed E-state index contributed by atoms with van der Waals surface area (Å²) < 4.78 is 22.5. The van der Waals surface area contributed by atoms with Crippen molar-refractivity contribution in [1.29, 1.82) is 0 Å². The first-order valence-electron chi connectivity index (χ1n) is 9.04. The molecule has 0 atom stereocenters. The number of carbonyl (C=O) groups is 1. The largest absolute Gasteiger partial charge is 0.322 e. The second-order valence-electron chi connectivity index (χ2n) is 6.60. The molecular weight excluding hydrogens is 376 g/mol. The van der Waals surface area contributed by atoms with Crippen molar-refractivity contribution in [2.75, 3.05) is 38.0 Å². The first kappa shape index (κ1) is 20.1. The SMILES string of the molecule is NS(=O)(=O)c1ccc(NC(=O)N2CCN(C/C=C/c3ccccc3)CC2)cc1. The maximum atomic E-state index is 12.4. The Morgan fingerprint density at radius 3 is 2.25 bits per heavy atom. The van der Waals surface area contributed by atoms with Gasteiger partial charge in [-0.1, -0.05) is 42.5 Å². The van der Waals surface area contributed by atoms with Crippen LogP contribution < -0.4 is 10.5 Å². The topological polar surface area (TPSA) is 95.7 Å². The third kappa shape index (κ3) is 5.66. The van der Waals surface area contributed by atoms with Crippen molar-refractivity contribution in [3.05, 3.63) is 66.2 Å². The zero-order valence-electron chi connectivity index (χ0n) is 15.5. The van der Waals surface area contributed by atoms with Crippen LogP contribution in [-0.2, 0) is 10.0 Å². The lowest BCUT2D eigenvalue weighted by Crippen LogP contribution is -2.49. The second kappa shape index (κ2) is 9.01. The Bertz CT molecular complexity index is 920. The minimum Gasteiger partial charge on any atom is -0.322 e. The number of nitrogens with two attached hydrogens (primary N) is 1. The third-order valence-electron chi connectivity index (χ3n) is 4.57. The van der Waals surface area contributed by atoms with Crippen molar-refractivity contribution in [2.24, 2.45) is 5.14 Å². The lowest BCUT2D eigenvalue weighted by Gasteiger charge is -2.34. The number of nitrogens with one attached hydrogen (secondary N) is 1. The van der Waals surface area contributed by atoms with Crippen LogP contribution in [0.2, 0.25) is 0 Å². The average molecular weight is 401 g/mol. The first-order valence-corrected chi connectivity index (χ1v) is 10.6. The van der Waals surface area contributed by atoms with Crippen molar-refractivity contribution in [1.82, 2.24) is 9.80 Å². The van der Waals surface area contributed by atoms with Crippen molar-refractivity contribution in [3.63, 3.8) is 0 Å². The van der Waals surface area contributed by atoms with E-state index in [0.717, 1.165) is 19.6 Å². The molecule has 28 heavy (non-hydrogen) atoms. The van der Waals surface area contributed by atoms with Gasteiger partial charge in [-0.2, -0.15) is 0 Å². The number of benzene rings is 2. The number of primary sulfonamides is 1. The maximum absolute atomic E-state index is 12.4. The minimum absolute atomic E-state index is 0.0164. The fourth-order valence-electron chi connectivity index (χ4n) is 2.97. The number of hydrogen-bond acceptors (Lipinski definition) is 4. The summed E-state index contributed by atoms with van der Waals surface area (Å²) >= 11 is 0. The number of piperazine rings is 1. The highest BCUT2D eigenvalue weighted by molar-refractivity contribution is 7.89. The predicted molar refractivity (Wildman–Crippen MR) is 110 cm³/mol. The Hall–Kier alpha value is -2.68. The normalized spacial score (nSPS) is 15.7. The number of urea groups is 1. The lowest BCUT2D eigenvalue weighted by molar-refractivity contribution is 0.156. The number of hydrogen-bond donors (Lipinski definition) is 2. The number of rotatable bonds is 5. The number of amides is 2. The van der Waals surface area contributed by atoms with Crippen LogP contribution >= 0.6 is 0 Å². The third-order valence-corrected chi connectivity index (χ3v) is 5.50. The Morgan fingerprint density at radius 2 is 1.64 bits per heavy atom. The fourth-order valence-corrected chi connectivity index (χ4v) is 3.48. The molecule has 1 aliphatic rings. The molecule has 8 heteroatoms. The van der Waals surface area contributed by atoms with Gasteiger partial charge in [0.15, 0.2) is 0 Å². The van der Waals surface area contributed by atoms with E-state index in [4.69, 9.17) is 5.14 Å². The molecule has 0 saturated carbocycles. The van der Waals surface area contributed by atoms with Crippen LogP contribution in [0.1, 0.15) is 5.56 Å². The van der Waals surface area contributed by atoms with Crippen LogP contribution in [0.15, 0.2) is 65.6 Å². The van der Waals surface area contributed by atoms with E-state index in [0.29, 0.717) is 18.8 Å². The molecule has 1 aliphatic heterocycles. The molecule has 0 aliphatic carbocycles. The monoisotopic (exact) mass is 400 g/mol. The van der Waals surface area contributed by atoms with E-state index < -0.39 is 10.0 Å². The quantitative estimate of drug-likeness (QED) is 0.804. The van der Waals surface area contributed by atoms with Crippen LogP contribution in [0, 0.1) is 0 Å². The molecular formula is C20H24N4O3S. The van der Waals surface area contributed by atoms with Crippen LogP contribution in [0.4, 0.5) is 10.5 Å². The second-order valence-corrected chi connectivity index (χ2v) is 8.16. The molecule has 1 saturated heterocycles. The molecule has 1 fully saturated rings. The molecule has 1 heterocycles. The smallest absolute Gasteiger partial charge is 0.321 e. The highest BCUT2D eigenvalue weighted by atomic mass is 32.2. The minimum atomic E-state index is -3.73. The first-order chi connectivity index (χ1) is 13.4. The summed E-state index contributed by atoms with van der Waals surface area (Å²) in [5.41, 5.74) is 1.71. The molecule has 0 bridgehead atoms. The van der Waals surface area contributed by atoms with Gasteiger partial charge in [0, 0.05) is 38.4 Å². The molecule has 0 spiro atoms. The van der Waals surface area contributed by atoms with Crippen LogP contribution in [-0.4, -0.2) is 57.0 Å². The molecule has 0 aromatic heterocycles. The van der Waals surface area contributed by atoms with Gasteiger partial charge in [-0.05, 0) is 29.8 Å². The van der Waals surface area contributed by atoms with Gasteiger partial charge in [-0.25, -0.2) is 18.4 Å². The van der Waals surface area contributed by atoms with E-state index in [1.54, 1.807) is 4.90 Å². The van der Waals surface area contributed by atoms with Gasteiger partial charge in [-0.15, -0.1) is 0 Å². The highest BCUT2D eigenvalue weighted by Gasteiger charge is 2.20. The lowest BCUT2D eigenvalue weighted by atomic mass is 10.2. The standard InChI is InChI=1S/C20H24N4O3S/c21-28(26,27)19-10-8-18(9-11-19)22-20(25)24-15-13-23(14-16-24)12-4-7-17-5-2-1-3-6-17/h1-11H,12-16H2,(H,22,25)(H2,21,26,27)/b7-4+. The molecule has 7 nitrogen and oxygen atoms in total. The van der Waals surface area contributed by atoms with E-state index in [-0.39, 0.29) is 10.9 Å². The van der Waals surface area contributed by atoms with E-state index in [9.17, 15) is 13.2 Å². The van der Waals surface area contributed by atoms with Crippen molar-refractivity contribution in [3.8, 4) is 0 Å². The average Bonchev–Trinajstić information content (AvgIpc) is 2.69. The van der Waals surface area contributed by atoms with E-state index in [2.05, 4.69) is 34.5 Å². The summed E-state index contributed by atoms with van der Waals surface area (Å²) in [6.07, 6.45) is 4.24. The summed E-state index contributed by atoms with van der Waals surface area (Å²) in [6.45, 7) is 3.73. The number of nitrogens with zero attached hydrogens (tertiary/aromatic N) is 2. The molecule has 0 radical (unpaired) electrons. The summed E-state index contributed by atoms with van der Waals surface area (Å²) in [5, 5.41) is 7.86. The zero-order valence-corrected chi connectivity index (χ0v) is 16.3.